The molecule has 0 bridgehead atoms. The molecule has 2 aliphatic rings. The maximum absolute atomic E-state index is 13.7. The van der Waals surface area contributed by atoms with Crippen LogP contribution in [0.2, 0.25) is 0 Å². The molecule has 1 aromatic carbocycles. The second-order valence-corrected chi connectivity index (χ2v) is 15.7. The van der Waals surface area contributed by atoms with Gasteiger partial charge in [-0.3, -0.25) is 9.29 Å². The topological polar surface area (TPSA) is 111 Å². The normalized spacial score (nSPS) is 20.0. The first-order chi connectivity index (χ1) is 20.4. The van der Waals surface area contributed by atoms with Crippen molar-refractivity contribution >= 4 is 48.5 Å². The largest absolute Gasteiger partial charge is 0.421 e. The Labute approximate surface area is 261 Å². The van der Waals surface area contributed by atoms with Gasteiger partial charge in [0.15, 0.2) is 5.60 Å². The Morgan fingerprint density at radius 3 is 2.36 bits per heavy atom. The molecule has 44 heavy (non-hydrogen) atoms. The lowest BCUT2D eigenvalue weighted by atomic mass is 9.95. The Morgan fingerprint density at radius 2 is 1.80 bits per heavy atom. The zero-order valence-electron chi connectivity index (χ0n) is 24.5. The van der Waals surface area contributed by atoms with Crippen LogP contribution in [0.4, 0.5) is 24.5 Å². The van der Waals surface area contributed by atoms with Gasteiger partial charge in [0, 0.05) is 42.8 Å². The van der Waals surface area contributed by atoms with Crippen LogP contribution in [-0.2, 0) is 25.6 Å². The number of hydrogen-bond donors (Lipinski definition) is 1. The fraction of sp³-hybridized carbons (Fsp3) is 0.448. The Morgan fingerprint density at radius 1 is 1.11 bits per heavy atom. The van der Waals surface area contributed by atoms with Crippen molar-refractivity contribution < 1.29 is 35.1 Å². The molecule has 240 valence electrons. The average Bonchev–Trinajstić information content (AvgIpc) is 2.95. The van der Waals surface area contributed by atoms with E-state index >= 15 is 0 Å². The number of rotatable bonds is 10. The summed E-state index contributed by atoms with van der Waals surface area (Å²) in [4.78, 5) is 6.14. The number of aliphatic hydroxyl groups is 1. The second kappa shape index (κ2) is 12.9. The summed E-state index contributed by atoms with van der Waals surface area (Å²) in [6, 6.07) is 7.57. The summed E-state index contributed by atoms with van der Waals surface area (Å²) in [7, 11) is -7.94. The van der Waals surface area contributed by atoms with Gasteiger partial charge in [0.2, 0.25) is 20.0 Å². The molecule has 1 aliphatic carbocycles. The van der Waals surface area contributed by atoms with Crippen molar-refractivity contribution in [3.8, 4) is 0 Å². The molecule has 0 radical (unpaired) electrons. The number of thiocarbonyl (C=S) groups is 1. The van der Waals surface area contributed by atoms with Crippen LogP contribution < -0.4 is 9.21 Å². The van der Waals surface area contributed by atoms with Crippen molar-refractivity contribution in [1.82, 2.24) is 9.29 Å². The third-order valence-corrected chi connectivity index (χ3v) is 12.1. The molecular weight excluding hydrogens is 638 g/mol. The van der Waals surface area contributed by atoms with Gasteiger partial charge in [0.05, 0.1) is 35.1 Å². The van der Waals surface area contributed by atoms with Crippen LogP contribution >= 0.6 is 12.2 Å². The number of aromatic nitrogens is 1. The molecule has 0 saturated carbocycles. The SMILES string of the molecule is CC(C)CS(=O)(=O)N(C[C@H]1CN(S(=O)(=O)C2=CC=CCC2=S)CCN1c1ccc(C(C)(O)C(F)(F)F)cc1)c1cccnc1. The quantitative estimate of drug-likeness (QED) is 0.371. The molecule has 0 spiro atoms. The molecule has 1 saturated heterocycles. The van der Waals surface area contributed by atoms with Crippen LogP contribution in [0.15, 0.2) is 71.9 Å². The Kier molecular flexibility index (Phi) is 9.95. The molecule has 1 aromatic heterocycles. The van der Waals surface area contributed by atoms with Crippen LogP contribution in [0.25, 0.3) is 0 Å². The highest BCUT2D eigenvalue weighted by atomic mass is 32.2. The second-order valence-electron chi connectivity index (χ2n) is 11.3. The highest BCUT2D eigenvalue weighted by Crippen LogP contribution is 2.39. The molecule has 9 nitrogen and oxygen atoms in total. The first-order valence-corrected chi connectivity index (χ1v) is 17.4. The predicted molar refractivity (Wildman–Crippen MR) is 168 cm³/mol. The smallest absolute Gasteiger partial charge is 0.376 e. The Balaban J connectivity index is 1.75. The summed E-state index contributed by atoms with van der Waals surface area (Å²) in [5, 5.41) is 10.1. The van der Waals surface area contributed by atoms with Crippen molar-refractivity contribution in [1.29, 1.82) is 0 Å². The number of pyridine rings is 1. The summed E-state index contributed by atoms with van der Waals surface area (Å²) < 4.78 is 97.7. The average molecular weight is 673 g/mol. The molecule has 1 fully saturated rings. The van der Waals surface area contributed by atoms with Crippen molar-refractivity contribution in [2.24, 2.45) is 5.92 Å². The maximum Gasteiger partial charge on any atom is 0.421 e. The van der Waals surface area contributed by atoms with Gasteiger partial charge in [-0.05, 0) is 48.7 Å². The van der Waals surface area contributed by atoms with Crippen LogP contribution in [0.5, 0.6) is 0 Å². The molecule has 1 N–H and O–H groups in total. The van der Waals surface area contributed by atoms with Gasteiger partial charge in [0.25, 0.3) is 0 Å². The molecular formula is C29H35F3N4O5S3. The lowest BCUT2D eigenvalue weighted by Gasteiger charge is -2.44. The minimum absolute atomic E-state index is 0.0116. The molecule has 1 unspecified atom stereocenters. The third kappa shape index (κ3) is 7.17. The highest BCUT2D eigenvalue weighted by molar-refractivity contribution is 7.96. The lowest BCUT2D eigenvalue weighted by molar-refractivity contribution is -0.258. The number of anilines is 2. The van der Waals surface area contributed by atoms with Crippen LogP contribution in [0.1, 0.15) is 32.8 Å². The number of piperazine rings is 1. The zero-order valence-corrected chi connectivity index (χ0v) is 26.9. The maximum atomic E-state index is 13.7. The number of sulfonamides is 2. The molecule has 2 atom stereocenters. The monoisotopic (exact) mass is 672 g/mol. The summed E-state index contributed by atoms with van der Waals surface area (Å²) in [6.07, 6.45) is 3.14. The molecule has 1 aliphatic heterocycles. The summed E-state index contributed by atoms with van der Waals surface area (Å²) in [5.74, 6) is -0.384. The highest BCUT2D eigenvalue weighted by Gasteiger charge is 2.51. The van der Waals surface area contributed by atoms with Gasteiger partial charge in [-0.15, -0.1) is 0 Å². The number of benzene rings is 1. The van der Waals surface area contributed by atoms with Gasteiger partial charge in [-0.1, -0.05) is 50.4 Å². The molecule has 2 aromatic rings. The summed E-state index contributed by atoms with van der Waals surface area (Å²) in [5.41, 5.74) is -2.71. The third-order valence-electron chi connectivity index (χ3n) is 7.53. The van der Waals surface area contributed by atoms with E-state index in [-0.39, 0.29) is 53.2 Å². The van der Waals surface area contributed by atoms with E-state index in [0.29, 0.717) is 24.7 Å². The first kappa shape index (κ1) is 34.0. The van der Waals surface area contributed by atoms with Gasteiger partial charge in [-0.2, -0.15) is 17.5 Å². The summed E-state index contributed by atoms with van der Waals surface area (Å²) >= 11 is 5.33. The predicted octanol–water partition coefficient (Wildman–Crippen LogP) is 4.38. The molecule has 0 amide bonds. The minimum atomic E-state index is -4.91. The lowest BCUT2D eigenvalue weighted by Crippen LogP contribution is -2.59. The molecule has 4 rings (SSSR count). The number of halogens is 3. The van der Waals surface area contributed by atoms with E-state index in [9.17, 15) is 35.1 Å². The van der Waals surface area contributed by atoms with E-state index in [1.165, 1.54) is 39.2 Å². The first-order valence-electron chi connectivity index (χ1n) is 13.9. The fourth-order valence-electron chi connectivity index (χ4n) is 5.16. The van der Waals surface area contributed by atoms with E-state index in [1.807, 2.05) is 0 Å². The minimum Gasteiger partial charge on any atom is -0.376 e. The van der Waals surface area contributed by atoms with Crippen LogP contribution in [0.3, 0.4) is 0 Å². The van der Waals surface area contributed by atoms with E-state index in [0.717, 1.165) is 12.1 Å². The van der Waals surface area contributed by atoms with Gasteiger partial charge >= 0.3 is 6.18 Å². The van der Waals surface area contributed by atoms with Gasteiger partial charge < -0.3 is 10.0 Å². The van der Waals surface area contributed by atoms with Crippen molar-refractivity contribution in [3.05, 3.63) is 77.5 Å². The van der Waals surface area contributed by atoms with E-state index in [2.05, 4.69) is 4.98 Å². The molecule has 2 heterocycles. The number of alkyl halides is 3. The van der Waals surface area contributed by atoms with E-state index < -0.39 is 37.9 Å². The van der Waals surface area contributed by atoms with Crippen molar-refractivity contribution in [2.45, 2.75) is 45.0 Å². The Bertz CT molecular complexity index is 1630. The van der Waals surface area contributed by atoms with Gasteiger partial charge in [0.1, 0.15) is 0 Å². The Hall–Kier alpha value is -2.85. The van der Waals surface area contributed by atoms with Crippen LogP contribution in [-0.4, -0.2) is 80.2 Å². The number of nitrogens with zero attached hydrogens (tertiary/aromatic N) is 4. The number of allylic oxidation sites excluding steroid dienone is 4. The number of hydrogen-bond acceptors (Lipinski definition) is 8. The van der Waals surface area contributed by atoms with Crippen LogP contribution in [0, 0.1) is 5.92 Å². The van der Waals surface area contributed by atoms with E-state index in [1.54, 1.807) is 43.0 Å². The molecule has 15 heteroatoms. The van der Waals surface area contributed by atoms with Crippen molar-refractivity contribution in [3.63, 3.8) is 0 Å². The van der Waals surface area contributed by atoms with Gasteiger partial charge in [-0.25, -0.2) is 16.8 Å². The standard InChI is InChI=1S/C29H35F3N4O5S3/c1-21(2)20-43(38,39)36(24-7-6-14-33-17-24)19-25-18-34(44(40,41)27-9-5-4-8-26(27)42)15-16-35(25)23-12-10-22(11-13-23)28(3,37)29(30,31)32/h4-7,9-14,17,21,25,37H,8,15-16,18-20H2,1-3H3/t25-,28?/m1/s1. The zero-order chi connectivity index (χ0) is 32.5. The van der Waals surface area contributed by atoms with Crippen molar-refractivity contribution in [2.75, 3.05) is 41.1 Å². The van der Waals surface area contributed by atoms with E-state index in [4.69, 9.17) is 12.2 Å². The summed E-state index contributed by atoms with van der Waals surface area (Å²) in [6.45, 7) is 4.05. The fourth-order valence-corrected chi connectivity index (χ4v) is 9.08.